The molecule has 1 fully saturated rings. The second kappa shape index (κ2) is 9.50. The number of esters is 1. The summed E-state index contributed by atoms with van der Waals surface area (Å²) in [4.78, 5) is 39.8. The summed E-state index contributed by atoms with van der Waals surface area (Å²) in [5.74, 6) is 0.478. The van der Waals surface area contributed by atoms with Crippen LogP contribution in [-0.2, 0) is 20.9 Å². The van der Waals surface area contributed by atoms with Gasteiger partial charge in [-0.05, 0) is 36.2 Å². The van der Waals surface area contributed by atoms with Crippen LogP contribution < -0.4 is 24.3 Å². The van der Waals surface area contributed by atoms with Crippen LogP contribution in [-0.4, -0.2) is 57.2 Å². The first-order valence-corrected chi connectivity index (χ1v) is 10.7. The minimum Gasteiger partial charge on any atom is -0.493 e. The normalized spacial score (nSPS) is 18.9. The van der Waals surface area contributed by atoms with Gasteiger partial charge in [0.05, 0.1) is 28.4 Å². The fourth-order valence-electron chi connectivity index (χ4n) is 4.34. The maximum atomic E-state index is 13.1. The van der Waals surface area contributed by atoms with E-state index in [1.165, 1.54) is 26.2 Å². The van der Waals surface area contributed by atoms with Crippen molar-refractivity contribution in [2.75, 3.05) is 28.4 Å². The topological polar surface area (TPSA) is 113 Å². The quantitative estimate of drug-likeness (QED) is 0.585. The van der Waals surface area contributed by atoms with E-state index in [0.717, 1.165) is 5.56 Å². The van der Waals surface area contributed by atoms with Crippen LogP contribution in [0.15, 0.2) is 30.3 Å². The molecule has 2 aromatic rings. The average Bonchev–Trinajstić information content (AvgIpc) is 3.40. The Bertz CT molecular complexity index is 1130. The van der Waals surface area contributed by atoms with Gasteiger partial charge in [0.25, 0.3) is 0 Å². The van der Waals surface area contributed by atoms with Crippen molar-refractivity contribution in [2.45, 2.75) is 31.7 Å². The number of rotatable bonds is 8. The Hall–Kier alpha value is -3.95. The van der Waals surface area contributed by atoms with Crippen LogP contribution in [0.3, 0.4) is 0 Å². The minimum atomic E-state index is -1.02. The monoisotopic (exact) mass is 470 g/mol. The molecule has 10 nitrogen and oxygen atoms in total. The van der Waals surface area contributed by atoms with Gasteiger partial charge in [-0.25, -0.2) is 4.79 Å². The zero-order chi connectivity index (χ0) is 24.4. The third kappa shape index (κ3) is 3.95. The SMILES string of the molecule is COc1ccc(CNC(=O)[C@@H]2CCC(=O)N2[C@H]2OC(=O)c3c2ccc(OC)c3OC)cc1OC. The number of nitrogens with one attached hydrogen (secondary N) is 1. The van der Waals surface area contributed by atoms with Crippen molar-refractivity contribution in [3.05, 3.63) is 47.0 Å². The minimum absolute atomic E-state index is 0.172. The summed E-state index contributed by atoms with van der Waals surface area (Å²) in [6.45, 7) is 0.226. The fourth-order valence-corrected chi connectivity index (χ4v) is 4.34. The van der Waals surface area contributed by atoms with Crippen molar-refractivity contribution in [1.29, 1.82) is 0 Å². The lowest BCUT2D eigenvalue weighted by atomic mass is 10.0. The van der Waals surface area contributed by atoms with Crippen LogP contribution in [0.5, 0.6) is 23.0 Å². The first-order chi connectivity index (χ1) is 16.4. The van der Waals surface area contributed by atoms with Gasteiger partial charge in [-0.15, -0.1) is 0 Å². The molecule has 2 aliphatic heterocycles. The van der Waals surface area contributed by atoms with E-state index in [2.05, 4.69) is 5.32 Å². The highest BCUT2D eigenvalue weighted by Gasteiger charge is 2.47. The maximum Gasteiger partial charge on any atom is 0.344 e. The Labute approximate surface area is 196 Å². The molecule has 2 atom stereocenters. The number of methoxy groups -OCH3 is 4. The van der Waals surface area contributed by atoms with Gasteiger partial charge < -0.3 is 29.0 Å². The molecule has 180 valence electrons. The van der Waals surface area contributed by atoms with Crippen LogP contribution in [0, 0.1) is 0 Å². The number of benzene rings is 2. The van der Waals surface area contributed by atoms with Crippen LogP contribution in [0.25, 0.3) is 0 Å². The van der Waals surface area contributed by atoms with E-state index < -0.39 is 18.2 Å². The zero-order valence-corrected chi connectivity index (χ0v) is 19.4. The van der Waals surface area contributed by atoms with Gasteiger partial charge in [0.15, 0.2) is 23.0 Å². The van der Waals surface area contributed by atoms with Gasteiger partial charge in [0.2, 0.25) is 18.0 Å². The molecular formula is C24H26N2O8. The lowest BCUT2D eigenvalue weighted by Gasteiger charge is -2.29. The predicted octanol–water partition coefficient (Wildman–Crippen LogP) is 2.20. The van der Waals surface area contributed by atoms with Gasteiger partial charge in [0, 0.05) is 18.5 Å². The summed E-state index contributed by atoms with van der Waals surface area (Å²) in [6.07, 6.45) is -0.535. The molecule has 0 aromatic heterocycles. The van der Waals surface area contributed by atoms with E-state index in [-0.39, 0.29) is 36.1 Å². The van der Waals surface area contributed by atoms with Crippen LogP contribution in [0.2, 0.25) is 0 Å². The molecular weight excluding hydrogens is 444 g/mol. The standard InChI is InChI=1S/C24H26N2O8/c1-30-16-8-5-13(11-18(16)32-3)12-25-22(28)15-7-10-19(27)26(15)23-14-6-9-17(31-2)21(33-4)20(14)24(29)34-23/h5-6,8-9,11,15,23H,7,10,12H2,1-4H3,(H,25,28)/t15-,23-/m0/s1. The molecule has 1 N–H and O–H groups in total. The van der Waals surface area contributed by atoms with Crippen molar-refractivity contribution in [2.24, 2.45) is 0 Å². The number of amides is 2. The fraction of sp³-hybridized carbons (Fsp3) is 0.375. The summed E-state index contributed by atoms with van der Waals surface area (Å²) in [6, 6.07) is 7.83. The van der Waals surface area contributed by atoms with E-state index in [1.807, 2.05) is 6.07 Å². The third-order valence-corrected chi connectivity index (χ3v) is 5.99. The summed E-state index contributed by atoms with van der Waals surface area (Å²) in [5, 5.41) is 2.87. The molecule has 2 aromatic carbocycles. The molecule has 10 heteroatoms. The highest BCUT2D eigenvalue weighted by molar-refractivity contribution is 5.99. The van der Waals surface area contributed by atoms with Gasteiger partial charge in [-0.2, -0.15) is 0 Å². The Balaban J connectivity index is 1.55. The first kappa shape index (κ1) is 23.2. The Kier molecular flexibility index (Phi) is 6.49. The van der Waals surface area contributed by atoms with Crippen molar-refractivity contribution < 1.29 is 38.1 Å². The Morgan fingerprint density at radius 1 is 1.00 bits per heavy atom. The van der Waals surface area contributed by atoms with Crippen molar-refractivity contribution in [3.63, 3.8) is 0 Å². The van der Waals surface area contributed by atoms with Crippen LogP contribution >= 0.6 is 0 Å². The molecule has 2 amide bonds. The average molecular weight is 470 g/mol. The van der Waals surface area contributed by atoms with E-state index in [0.29, 0.717) is 29.2 Å². The summed E-state index contributed by atoms with van der Waals surface area (Å²) in [5.41, 5.74) is 1.45. The predicted molar refractivity (Wildman–Crippen MR) is 119 cm³/mol. The molecule has 0 bridgehead atoms. The lowest BCUT2D eigenvalue weighted by molar-refractivity contribution is -0.145. The molecule has 0 saturated carbocycles. The molecule has 0 spiro atoms. The molecule has 2 aliphatic rings. The summed E-state index contributed by atoms with van der Waals surface area (Å²) >= 11 is 0. The first-order valence-electron chi connectivity index (χ1n) is 10.7. The van der Waals surface area contributed by atoms with Gasteiger partial charge in [0.1, 0.15) is 11.6 Å². The molecule has 4 rings (SSSR count). The summed E-state index contributed by atoms with van der Waals surface area (Å²) < 4.78 is 26.7. The zero-order valence-electron chi connectivity index (χ0n) is 19.4. The van der Waals surface area contributed by atoms with Crippen LogP contribution in [0.4, 0.5) is 0 Å². The maximum absolute atomic E-state index is 13.1. The number of likely N-dealkylation sites (tertiary alicyclic amines) is 1. The number of fused-ring (bicyclic) bond motifs is 1. The van der Waals surface area contributed by atoms with Gasteiger partial charge in [-0.1, -0.05) is 6.07 Å². The number of carbonyl (C=O) groups excluding carboxylic acids is 3. The second-order valence-electron chi connectivity index (χ2n) is 7.79. The van der Waals surface area contributed by atoms with E-state index in [4.69, 9.17) is 23.7 Å². The Morgan fingerprint density at radius 2 is 1.71 bits per heavy atom. The molecule has 34 heavy (non-hydrogen) atoms. The highest BCUT2D eigenvalue weighted by Crippen LogP contribution is 2.45. The summed E-state index contributed by atoms with van der Waals surface area (Å²) in [7, 11) is 5.97. The number of hydrogen-bond donors (Lipinski definition) is 1. The Morgan fingerprint density at radius 3 is 2.38 bits per heavy atom. The van der Waals surface area contributed by atoms with E-state index in [9.17, 15) is 14.4 Å². The van der Waals surface area contributed by atoms with Crippen molar-refractivity contribution in [1.82, 2.24) is 10.2 Å². The highest BCUT2D eigenvalue weighted by atomic mass is 16.6. The number of nitrogens with zero attached hydrogens (tertiary/aromatic N) is 1. The third-order valence-electron chi connectivity index (χ3n) is 5.99. The number of ether oxygens (including phenoxy) is 5. The molecule has 1 saturated heterocycles. The largest absolute Gasteiger partial charge is 0.493 e. The van der Waals surface area contributed by atoms with Gasteiger partial charge in [-0.3, -0.25) is 14.5 Å². The number of hydrogen-bond acceptors (Lipinski definition) is 8. The molecule has 0 unspecified atom stereocenters. The van der Waals surface area contributed by atoms with Crippen molar-refractivity contribution >= 4 is 17.8 Å². The van der Waals surface area contributed by atoms with Crippen molar-refractivity contribution in [3.8, 4) is 23.0 Å². The molecule has 0 aliphatic carbocycles. The number of carbonyl (C=O) groups is 3. The smallest absolute Gasteiger partial charge is 0.344 e. The second-order valence-corrected chi connectivity index (χ2v) is 7.79. The van der Waals surface area contributed by atoms with Crippen LogP contribution in [0.1, 0.15) is 40.6 Å². The lowest BCUT2D eigenvalue weighted by Crippen LogP contribution is -2.46. The number of cyclic esters (lactones) is 1. The molecule has 2 heterocycles. The van der Waals surface area contributed by atoms with Gasteiger partial charge >= 0.3 is 5.97 Å². The van der Waals surface area contributed by atoms with E-state index >= 15 is 0 Å². The van der Waals surface area contributed by atoms with E-state index in [1.54, 1.807) is 31.4 Å². The molecule has 0 radical (unpaired) electrons.